The van der Waals surface area contributed by atoms with E-state index in [4.69, 9.17) is 13.7 Å². The number of para-hydroxylation sites is 1. The molecule has 0 spiro atoms. The van der Waals surface area contributed by atoms with E-state index < -0.39 is 16.1 Å². The molecule has 0 radical (unpaired) electrons. The number of methoxy groups -OCH3 is 1. The molecule has 3 rings (SSSR count). The van der Waals surface area contributed by atoms with E-state index in [0.29, 0.717) is 24.7 Å². The van der Waals surface area contributed by atoms with Crippen molar-refractivity contribution >= 4 is 16.1 Å². The van der Waals surface area contributed by atoms with Crippen LogP contribution in [0.25, 0.3) is 0 Å². The van der Waals surface area contributed by atoms with Crippen LogP contribution in [0, 0.1) is 0 Å². The van der Waals surface area contributed by atoms with Gasteiger partial charge in [0.2, 0.25) is 0 Å². The van der Waals surface area contributed by atoms with Crippen LogP contribution in [-0.2, 0) is 14.9 Å². The Hall–Kier alpha value is -2.74. The number of benzene rings is 2. The van der Waals surface area contributed by atoms with Crippen LogP contribution in [0.2, 0.25) is 0 Å². The van der Waals surface area contributed by atoms with Gasteiger partial charge in [0.25, 0.3) is 0 Å². The summed E-state index contributed by atoms with van der Waals surface area (Å²) in [5.41, 5.74) is 0.0149. The van der Waals surface area contributed by atoms with Crippen molar-refractivity contribution in [3.63, 3.8) is 0 Å². The third kappa shape index (κ3) is 3.13. The molecular weight excluding hydrogens is 336 g/mol. The lowest BCUT2D eigenvalue weighted by atomic mass is 10.2. The lowest BCUT2D eigenvalue weighted by molar-refractivity contribution is 0.0599. The molecule has 0 fully saturated rings. The summed E-state index contributed by atoms with van der Waals surface area (Å²) in [6.45, 7) is 0.741. The van der Waals surface area contributed by atoms with E-state index in [1.165, 1.54) is 37.4 Å². The number of fused-ring (bicyclic) bond motifs is 1. The summed E-state index contributed by atoms with van der Waals surface area (Å²) in [7, 11) is -2.95. The molecule has 126 valence electrons. The summed E-state index contributed by atoms with van der Waals surface area (Å²) in [6, 6.07) is 10.1. The van der Waals surface area contributed by atoms with Crippen molar-refractivity contribution in [1.29, 1.82) is 0 Å². The molecule has 0 unspecified atom stereocenters. The standard InChI is InChI=1S/C16H14O7S/c1-20-16(17)12-4-2-3-5-13(12)23-24(18,19)11-6-7-14-15(10-11)22-9-8-21-14/h2-7,10H,8-9H2,1H3. The number of esters is 1. The first kappa shape index (κ1) is 16.1. The van der Waals surface area contributed by atoms with Crippen LogP contribution in [0.4, 0.5) is 0 Å². The van der Waals surface area contributed by atoms with Gasteiger partial charge in [0, 0.05) is 6.07 Å². The number of carbonyl (C=O) groups excluding carboxylic acids is 1. The zero-order chi connectivity index (χ0) is 17.2. The van der Waals surface area contributed by atoms with Crippen LogP contribution in [0.15, 0.2) is 47.4 Å². The normalized spacial score (nSPS) is 13.2. The van der Waals surface area contributed by atoms with E-state index in [0.717, 1.165) is 0 Å². The molecule has 8 heteroatoms. The Kier molecular flexibility index (Phi) is 4.30. The second-order valence-corrected chi connectivity index (χ2v) is 6.38. The summed E-state index contributed by atoms with van der Waals surface area (Å²) >= 11 is 0. The van der Waals surface area contributed by atoms with Crippen molar-refractivity contribution in [2.24, 2.45) is 0 Å². The summed E-state index contributed by atoms with van der Waals surface area (Å²) < 4.78 is 45.4. The largest absolute Gasteiger partial charge is 0.486 e. The van der Waals surface area contributed by atoms with E-state index in [2.05, 4.69) is 4.74 Å². The highest BCUT2D eigenvalue weighted by Gasteiger charge is 2.23. The smallest absolute Gasteiger partial charge is 0.341 e. The molecule has 0 aliphatic carbocycles. The van der Waals surface area contributed by atoms with Crippen molar-refractivity contribution in [2.45, 2.75) is 4.90 Å². The minimum absolute atomic E-state index is 0.0149. The Bertz CT molecular complexity index is 874. The van der Waals surface area contributed by atoms with E-state index in [9.17, 15) is 13.2 Å². The molecule has 0 saturated carbocycles. The predicted molar refractivity (Wildman–Crippen MR) is 83.0 cm³/mol. The molecule has 24 heavy (non-hydrogen) atoms. The van der Waals surface area contributed by atoms with Gasteiger partial charge in [-0.2, -0.15) is 8.42 Å². The zero-order valence-electron chi connectivity index (χ0n) is 12.7. The molecule has 0 amide bonds. The number of hydrogen-bond acceptors (Lipinski definition) is 7. The maximum atomic E-state index is 12.5. The van der Waals surface area contributed by atoms with Crippen LogP contribution in [0.5, 0.6) is 17.2 Å². The molecule has 1 heterocycles. The van der Waals surface area contributed by atoms with Gasteiger partial charge in [0.1, 0.15) is 23.7 Å². The summed E-state index contributed by atoms with van der Waals surface area (Å²) in [6.07, 6.45) is 0. The van der Waals surface area contributed by atoms with Gasteiger partial charge in [-0.3, -0.25) is 0 Å². The van der Waals surface area contributed by atoms with Gasteiger partial charge in [-0.15, -0.1) is 0 Å². The Labute approximate surface area is 138 Å². The molecule has 2 aromatic carbocycles. The summed E-state index contributed by atoms with van der Waals surface area (Å²) in [5.74, 6) is -0.00967. The first-order valence-electron chi connectivity index (χ1n) is 7.03. The number of rotatable bonds is 4. The molecular formula is C16H14O7S. The predicted octanol–water partition coefficient (Wildman–Crippen LogP) is 2.01. The number of ether oxygens (including phenoxy) is 3. The van der Waals surface area contributed by atoms with E-state index in [1.54, 1.807) is 12.1 Å². The van der Waals surface area contributed by atoms with Crippen molar-refractivity contribution in [3.8, 4) is 17.2 Å². The van der Waals surface area contributed by atoms with Crippen molar-refractivity contribution in [1.82, 2.24) is 0 Å². The first-order valence-corrected chi connectivity index (χ1v) is 8.43. The van der Waals surface area contributed by atoms with Gasteiger partial charge in [0.15, 0.2) is 17.2 Å². The number of hydrogen-bond donors (Lipinski definition) is 0. The van der Waals surface area contributed by atoms with Crippen LogP contribution >= 0.6 is 0 Å². The van der Waals surface area contributed by atoms with Crippen LogP contribution in [-0.4, -0.2) is 34.7 Å². The molecule has 1 aliphatic rings. The Balaban J connectivity index is 1.94. The molecule has 2 aromatic rings. The molecule has 0 N–H and O–H groups in total. The van der Waals surface area contributed by atoms with Crippen molar-refractivity contribution < 1.29 is 31.6 Å². The maximum Gasteiger partial charge on any atom is 0.341 e. The fourth-order valence-corrected chi connectivity index (χ4v) is 3.13. The minimum atomic E-state index is -4.15. The molecule has 0 atom stereocenters. The maximum absolute atomic E-state index is 12.5. The third-order valence-corrected chi connectivity index (χ3v) is 4.52. The van der Waals surface area contributed by atoms with Gasteiger partial charge < -0.3 is 18.4 Å². The monoisotopic (exact) mass is 350 g/mol. The van der Waals surface area contributed by atoms with Crippen LogP contribution in [0.1, 0.15) is 10.4 Å². The third-order valence-electron chi connectivity index (χ3n) is 3.29. The van der Waals surface area contributed by atoms with E-state index in [1.807, 2.05) is 0 Å². The minimum Gasteiger partial charge on any atom is -0.486 e. The first-order chi connectivity index (χ1) is 11.5. The molecule has 1 aliphatic heterocycles. The Morgan fingerprint density at radius 3 is 2.50 bits per heavy atom. The average molecular weight is 350 g/mol. The Morgan fingerprint density at radius 1 is 1.04 bits per heavy atom. The van der Waals surface area contributed by atoms with Gasteiger partial charge in [0.05, 0.1) is 7.11 Å². The van der Waals surface area contributed by atoms with E-state index >= 15 is 0 Å². The zero-order valence-corrected chi connectivity index (χ0v) is 13.5. The van der Waals surface area contributed by atoms with Gasteiger partial charge in [-0.05, 0) is 24.3 Å². The van der Waals surface area contributed by atoms with E-state index in [-0.39, 0.29) is 16.2 Å². The second-order valence-electron chi connectivity index (χ2n) is 4.83. The highest BCUT2D eigenvalue weighted by molar-refractivity contribution is 7.87. The second kappa shape index (κ2) is 6.40. The number of carbonyl (C=O) groups is 1. The lowest BCUT2D eigenvalue weighted by Gasteiger charge is -2.19. The molecule has 0 aromatic heterocycles. The van der Waals surface area contributed by atoms with Crippen molar-refractivity contribution in [2.75, 3.05) is 20.3 Å². The highest BCUT2D eigenvalue weighted by Crippen LogP contribution is 2.33. The highest BCUT2D eigenvalue weighted by atomic mass is 32.2. The lowest BCUT2D eigenvalue weighted by Crippen LogP contribution is -2.17. The van der Waals surface area contributed by atoms with Gasteiger partial charge >= 0.3 is 16.1 Å². The molecule has 7 nitrogen and oxygen atoms in total. The van der Waals surface area contributed by atoms with Crippen molar-refractivity contribution in [3.05, 3.63) is 48.0 Å². The SMILES string of the molecule is COC(=O)c1ccccc1OS(=O)(=O)c1ccc2c(c1)OCCO2. The quantitative estimate of drug-likeness (QED) is 0.615. The molecule has 0 bridgehead atoms. The topological polar surface area (TPSA) is 88.1 Å². The summed E-state index contributed by atoms with van der Waals surface area (Å²) in [4.78, 5) is 11.6. The molecule has 0 saturated heterocycles. The van der Waals surface area contributed by atoms with Crippen LogP contribution < -0.4 is 13.7 Å². The Morgan fingerprint density at radius 2 is 1.75 bits per heavy atom. The van der Waals surface area contributed by atoms with Crippen LogP contribution in [0.3, 0.4) is 0 Å². The average Bonchev–Trinajstić information content (AvgIpc) is 2.60. The fraction of sp³-hybridized carbons (Fsp3) is 0.188. The van der Waals surface area contributed by atoms with Gasteiger partial charge in [-0.1, -0.05) is 12.1 Å². The van der Waals surface area contributed by atoms with Gasteiger partial charge in [-0.25, -0.2) is 4.79 Å². The fourth-order valence-electron chi connectivity index (χ4n) is 2.16. The summed E-state index contributed by atoms with van der Waals surface area (Å²) in [5, 5.41) is 0.